The molecule has 0 bridgehead atoms. The third-order valence-corrected chi connectivity index (χ3v) is 4.45. The topological polar surface area (TPSA) is 82.1 Å². The number of carbonyl (C=O) groups is 2. The van der Waals surface area contributed by atoms with E-state index in [-0.39, 0.29) is 12.6 Å². The highest BCUT2D eigenvalue weighted by atomic mass is 16.5. The maximum Gasteiger partial charge on any atom is 0.308 e. The zero-order valence-corrected chi connectivity index (χ0v) is 14.8. The van der Waals surface area contributed by atoms with Crippen molar-refractivity contribution in [3.63, 3.8) is 0 Å². The van der Waals surface area contributed by atoms with Crippen LogP contribution in [0.3, 0.4) is 0 Å². The molecule has 1 aliphatic heterocycles. The van der Waals surface area contributed by atoms with Gasteiger partial charge in [-0.2, -0.15) is 0 Å². The number of ether oxygens (including phenoxy) is 3. The summed E-state index contributed by atoms with van der Waals surface area (Å²) in [6, 6.07) is 11.9. The molecule has 2 atom stereocenters. The van der Waals surface area contributed by atoms with Crippen molar-refractivity contribution in [3.8, 4) is 17.2 Å². The molecule has 0 saturated heterocycles. The maximum atomic E-state index is 11.1. The van der Waals surface area contributed by atoms with Crippen molar-refractivity contribution in [1.82, 2.24) is 0 Å². The van der Waals surface area contributed by atoms with Crippen molar-refractivity contribution in [2.45, 2.75) is 32.3 Å². The van der Waals surface area contributed by atoms with Gasteiger partial charge in [0.2, 0.25) is 0 Å². The minimum atomic E-state index is -0.808. The third kappa shape index (κ3) is 3.41. The molecule has 0 spiro atoms. The van der Waals surface area contributed by atoms with E-state index >= 15 is 0 Å². The molecule has 2 aromatic rings. The molecule has 26 heavy (non-hydrogen) atoms. The van der Waals surface area contributed by atoms with Crippen LogP contribution in [0.15, 0.2) is 42.5 Å². The number of hydrogen-bond donors (Lipinski definition) is 1. The SMILES string of the molecule is CC(=O)Oc1ccc([C@]2(C)COc3cc(OC(C)=O)ccc3[C@H]2O)cc1. The lowest BCUT2D eigenvalue weighted by molar-refractivity contribution is -0.132. The van der Waals surface area contributed by atoms with Crippen LogP contribution in [0.25, 0.3) is 0 Å². The van der Waals surface area contributed by atoms with Gasteiger partial charge in [-0.15, -0.1) is 0 Å². The largest absolute Gasteiger partial charge is 0.492 e. The Morgan fingerprint density at radius 1 is 1.04 bits per heavy atom. The Balaban J connectivity index is 1.88. The zero-order valence-electron chi connectivity index (χ0n) is 14.8. The Hall–Kier alpha value is -2.86. The lowest BCUT2D eigenvalue weighted by Gasteiger charge is -2.39. The van der Waals surface area contributed by atoms with Gasteiger partial charge in [-0.1, -0.05) is 12.1 Å². The monoisotopic (exact) mass is 356 g/mol. The average Bonchev–Trinajstić information content (AvgIpc) is 2.58. The van der Waals surface area contributed by atoms with Crippen LogP contribution in [0.2, 0.25) is 0 Å². The minimum Gasteiger partial charge on any atom is -0.492 e. The van der Waals surface area contributed by atoms with Gasteiger partial charge >= 0.3 is 11.9 Å². The predicted molar refractivity (Wildman–Crippen MR) is 93.3 cm³/mol. The van der Waals surface area contributed by atoms with E-state index in [1.54, 1.807) is 30.3 Å². The van der Waals surface area contributed by atoms with E-state index in [4.69, 9.17) is 14.2 Å². The molecule has 0 fully saturated rings. The molecule has 0 radical (unpaired) electrons. The summed E-state index contributed by atoms with van der Waals surface area (Å²) in [5, 5.41) is 10.9. The van der Waals surface area contributed by atoms with E-state index in [9.17, 15) is 14.7 Å². The van der Waals surface area contributed by atoms with Crippen LogP contribution in [-0.4, -0.2) is 23.7 Å². The first-order valence-corrected chi connectivity index (χ1v) is 8.22. The van der Waals surface area contributed by atoms with Gasteiger partial charge in [0.05, 0.1) is 11.5 Å². The van der Waals surface area contributed by atoms with Gasteiger partial charge < -0.3 is 19.3 Å². The van der Waals surface area contributed by atoms with Crippen LogP contribution >= 0.6 is 0 Å². The van der Waals surface area contributed by atoms with Gasteiger partial charge in [-0.05, 0) is 36.8 Å². The minimum absolute atomic E-state index is 0.248. The van der Waals surface area contributed by atoms with Crippen molar-refractivity contribution in [2.24, 2.45) is 0 Å². The fraction of sp³-hybridized carbons (Fsp3) is 0.300. The molecule has 3 rings (SSSR count). The summed E-state index contributed by atoms with van der Waals surface area (Å²) in [5.41, 5.74) is 0.805. The van der Waals surface area contributed by atoms with Crippen molar-refractivity contribution in [2.75, 3.05) is 6.61 Å². The molecule has 0 unspecified atom stereocenters. The van der Waals surface area contributed by atoms with E-state index in [1.807, 2.05) is 19.1 Å². The maximum absolute atomic E-state index is 11.1. The second-order valence-corrected chi connectivity index (χ2v) is 6.52. The number of carbonyl (C=O) groups excluding carboxylic acids is 2. The second-order valence-electron chi connectivity index (χ2n) is 6.52. The van der Waals surface area contributed by atoms with Crippen LogP contribution in [0, 0.1) is 0 Å². The summed E-state index contributed by atoms with van der Waals surface area (Å²) in [7, 11) is 0. The van der Waals surface area contributed by atoms with Crippen molar-refractivity contribution in [1.29, 1.82) is 0 Å². The Bertz CT molecular complexity index is 842. The Morgan fingerprint density at radius 3 is 2.23 bits per heavy atom. The molecule has 0 aliphatic carbocycles. The smallest absolute Gasteiger partial charge is 0.308 e. The van der Waals surface area contributed by atoms with Gasteiger partial charge in [0, 0.05) is 25.5 Å². The van der Waals surface area contributed by atoms with Gasteiger partial charge in [-0.3, -0.25) is 9.59 Å². The van der Waals surface area contributed by atoms with Crippen molar-refractivity contribution in [3.05, 3.63) is 53.6 Å². The van der Waals surface area contributed by atoms with E-state index in [0.29, 0.717) is 22.8 Å². The number of rotatable bonds is 3. The average molecular weight is 356 g/mol. The standard InChI is InChI=1S/C20H20O6/c1-12(21)25-15-6-4-14(5-7-15)20(3)11-24-18-10-16(26-13(2)22)8-9-17(18)19(20)23/h4-10,19,23H,11H2,1-3H3/t19-,20+/m1/s1. The van der Waals surface area contributed by atoms with E-state index in [2.05, 4.69) is 0 Å². The number of fused-ring (bicyclic) bond motifs is 1. The number of esters is 2. The van der Waals surface area contributed by atoms with Crippen molar-refractivity contribution >= 4 is 11.9 Å². The van der Waals surface area contributed by atoms with E-state index in [1.165, 1.54) is 13.8 Å². The van der Waals surface area contributed by atoms with Gasteiger partial charge in [0.1, 0.15) is 23.9 Å². The lowest BCUT2D eigenvalue weighted by Crippen LogP contribution is -2.40. The molecule has 6 nitrogen and oxygen atoms in total. The molecule has 1 heterocycles. The van der Waals surface area contributed by atoms with Crippen LogP contribution < -0.4 is 14.2 Å². The molecular weight excluding hydrogens is 336 g/mol. The number of aliphatic hydroxyl groups excluding tert-OH is 1. The number of hydrogen-bond acceptors (Lipinski definition) is 6. The first-order valence-electron chi connectivity index (χ1n) is 8.22. The molecule has 0 amide bonds. The molecule has 6 heteroatoms. The third-order valence-electron chi connectivity index (χ3n) is 4.45. The van der Waals surface area contributed by atoms with E-state index < -0.39 is 17.5 Å². The van der Waals surface area contributed by atoms with E-state index in [0.717, 1.165) is 5.56 Å². The first-order chi connectivity index (χ1) is 12.3. The van der Waals surface area contributed by atoms with Crippen LogP contribution in [-0.2, 0) is 15.0 Å². The van der Waals surface area contributed by atoms with Gasteiger partial charge in [0.15, 0.2) is 0 Å². The molecule has 136 valence electrons. The second kappa shape index (κ2) is 6.80. The summed E-state index contributed by atoms with van der Waals surface area (Å²) in [6.45, 7) is 4.82. The fourth-order valence-corrected chi connectivity index (χ4v) is 3.06. The Labute approximate surface area is 151 Å². The van der Waals surface area contributed by atoms with Gasteiger partial charge in [-0.25, -0.2) is 0 Å². The lowest BCUT2D eigenvalue weighted by atomic mass is 9.74. The summed E-state index contributed by atoms with van der Waals surface area (Å²) in [5.74, 6) is 0.507. The fourth-order valence-electron chi connectivity index (χ4n) is 3.06. The molecule has 0 aromatic heterocycles. The van der Waals surface area contributed by atoms with Crippen LogP contribution in [0.4, 0.5) is 0 Å². The van der Waals surface area contributed by atoms with Gasteiger partial charge in [0.25, 0.3) is 0 Å². The van der Waals surface area contributed by atoms with Crippen LogP contribution in [0.1, 0.15) is 38.0 Å². The highest BCUT2D eigenvalue weighted by Crippen LogP contribution is 2.46. The molecule has 1 N–H and O–H groups in total. The summed E-state index contributed by atoms with van der Waals surface area (Å²) < 4.78 is 15.9. The summed E-state index contributed by atoms with van der Waals surface area (Å²) in [6.07, 6.45) is -0.808. The Morgan fingerprint density at radius 2 is 1.62 bits per heavy atom. The normalized spacial score (nSPS) is 21.3. The summed E-state index contributed by atoms with van der Waals surface area (Å²) >= 11 is 0. The highest BCUT2D eigenvalue weighted by Gasteiger charge is 2.41. The predicted octanol–water partition coefficient (Wildman–Crippen LogP) is 2.92. The molecule has 2 aromatic carbocycles. The molecule has 0 saturated carbocycles. The zero-order chi connectivity index (χ0) is 18.9. The number of benzene rings is 2. The van der Waals surface area contributed by atoms with Crippen molar-refractivity contribution < 1.29 is 28.9 Å². The highest BCUT2D eigenvalue weighted by molar-refractivity contribution is 5.70. The molecular formula is C20H20O6. The first kappa shape index (κ1) is 17.9. The van der Waals surface area contributed by atoms with Crippen LogP contribution in [0.5, 0.6) is 17.2 Å². The quantitative estimate of drug-likeness (QED) is 0.673. The Kier molecular flexibility index (Phi) is 4.70. The molecule has 1 aliphatic rings. The number of aliphatic hydroxyl groups is 1. The summed E-state index contributed by atoms with van der Waals surface area (Å²) in [4.78, 5) is 22.1.